The molecule has 0 spiro atoms. The summed E-state index contributed by atoms with van der Waals surface area (Å²) in [4.78, 5) is 0. The van der Waals surface area contributed by atoms with E-state index in [4.69, 9.17) is 6.42 Å². The molecule has 0 amide bonds. The second-order valence-electron chi connectivity index (χ2n) is 10.3. The Bertz CT molecular complexity index is 419. The van der Waals surface area contributed by atoms with E-state index in [1.165, 1.54) is 44.9 Å². The Morgan fingerprint density at radius 3 is 1.46 bits per heavy atom. The third-order valence-corrected chi connectivity index (χ3v) is 8.60. The Balaban J connectivity index is 1.35. The molecule has 0 aliphatic heterocycles. The van der Waals surface area contributed by atoms with Crippen molar-refractivity contribution in [2.24, 2.45) is 41.4 Å². The van der Waals surface area contributed by atoms with Gasteiger partial charge in [0.1, 0.15) is 0 Å². The van der Waals surface area contributed by atoms with Crippen LogP contribution in [0.1, 0.15) is 110 Å². The van der Waals surface area contributed by atoms with Crippen LogP contribution in [0, 0.1) is 53.8 Å². The molecule has 0 aromatic rings. The summed E-state index contributed by atoms with van der Waals surface area (Å²) in [5.41, 5.74) is 0. The molecule has 0 heterocycles. The summed E-state index contributed by atoms with van der Waals surface area (Å²) in [5, 5.41) is 0. The highest BCUT2D eigenvalue weighted by molar-refractivity contribution is 4.92. The summed E-state index contributed by atoms with van der Waals surface area (Å²) in [7, 11) is 0. The van der Waals surface area contributed by atoms with Crippen molar-refractivity contribution in [1.29, 1.82) is 0 Å². The maximum Gasteiger partial charge on any atom is 0.0174 e. The topological polar surface area (TPSA) is 0 Å². The van der Waals surface area contributed by atoms with Crippen LogP contribution >= 0.6 is 0 Å². The summed E-state index contributed by atoms with van der Waals surface area (Å²) in [6.07, 6.45) is 28.1. The molecule has 26 heavy (non-hydrogen) atoms. The van der Waals surface area contributed by atoms with Crippen molar-refractivity contribution in [3.05, 3.63) is 0 Å². The molecule has 3 saturated carbocycles. The van der Waals surface area contributed by atoms with Gasteiger partial charge in [0, 0.05) is 5.92 Å². The highest BCUT2D eigenvalue weighted by Gasteiger charge is 2.34. The molecule has 3 aliphatic rings. The highest BCUT2D eigenvalue weighted by atomic mass is 14.4. The van der Waals surface area contributed by atoms with Gasteiger partial charge in [-0.05, 0) is 93.3 Å². The molecule has 0 heteroatoms. The largest absolute Gasteiger partial charge is 0.120 e. The van der Waals surface area contributed by atoms with Gasteiger partial charge in [-0.3, -0.25) is 0 Å². The highest BCUT2D eigenvalue weighted by Crippen LogP contribution is 2.46. The Morgan fingerprint density at radius 1 is 0.692 bits per heavy atom. The zero-order chi connectivity index (χ0) is 18.4. The molecule has 0 aromatic carbocycles. The van der Waals surface area contributed by atoms with Gasteiger partial charge < -0.3 is 0 Å². The van der Waals surface area contributed by atoms with Crippen LogP contribution in [0.5, 0.6) is 0 Å². The standard InChI is InChI=1S/C26H44/c1-4-6-21-7-11-23(12-8-21)25-15-17-26(18-16-25)24-13-9-22(10-14-24)19-20(3)5-2/h2,20-26H,4,6-19H2,1,3H3. The predicted octanol–water partition coefficient (Wildman–Crippen LogP) is 7.87. The summed E-state index contributed by atoms with van der Waals surface area (Å²) >= 11 is 0. The van der Waals surface area contributed by atoms with Gasteiger partial charge in [0.2, 0.25) is 0 Å². The van der Waals surface area contributed by atoms with Crippen molar-refractivity contribution in [1.82, 2.24) is 0 Å². The lowest BCUT2D eigenvalue weighted by molar-refractivity contribution is 0.102. The van der Waals surface area contributed by atoms with Gasteiger partial charge in [-0.2, -0.15) is 0 Å². The number of terminal acetylenes is 1. The van der Waals surface area contributed by atoms with Gasteiger partial charge in [0.15, 0.2) is 0 Å². The Morgan fingerprint density at radius 2 is 1.08 bits per heavy atom. The van der Waals surface area contributed by atoms with Gasteiger partial charge in [-0.15, -0.1) is 12.3 Å². The van der Waals surface area contributed by atoms with E-state index in [9.17, 15) is 0 Å². The third kappa shape index (κ3) is 5.53. The monoisotopic (exact) mass is 356 g/mol. The van der Waals surface area contributed by atoms with Crippen LogP contribution in [0.2, 0.25) is 0 Å². The van der Waals surface area contributed by atoms with Gasteiger partial charge >= 0.3 is 0 Å². The van der Waals surface area contributed by atoms with Gasteiger partial charge in [-0.1, -0.05) is 52.4 Å². The molecule has 0 bridgehead atoms. The van der Waals surface area contributed by atoms with Crippen LogP contribution in [-0.2, 0) is 0 Å². The van der Waals surface area contributed by atoms with Crippen molar-refractivity contribution in [2.75, 3.05) is 0 Å². The molecule has 3 fully saturated rings. The average molecular weight is 357 g/mol. The van der Waals surface area contributed by atoms with Crippen LogP contribution in [-0.4, -0.2) is 0 Å². The summed E-state index contributed by atoms with van der Waals surface area (Å²) < 4.78 is 0. The number of rotatable bonds is 6. The minimum Gasteiger partial charge on any atom is -0.120 e. The second kappa shape index (κ2) is 10.2. The Hall–Kier alpha value is -0.440. The summed E-state index contributed by atoms with van der Waals surface area (Å²) in [6.45, 7) is 4.58. The van der Waals surface area contributed by atoms with Gasteiger partial charge in [-0.25, -0.2) is 0 Å². The number of hydrogen-bond acceptors (Lipinski definition) is 0. The first-order chi connectivity index (χ1) is 12.7. The van der Waals surface area contributed by atoms with Crippen LogP contribution in [0.4, 0.5) is 0 Å². The molecule has 0 nitrogen and oxygen atoms in total. The van der Waals surface area contributed by atoms with Gasteiger partial charge in [0.25, 0.3) is 0 Å². The van der Waals surface area contributed by atoms with Crippen molar-refractivity contribution in [2.45, 2.75) is 110 Å². The van der Waals surface area contributed by atoms with Crippen LogP contribution in [0.3, 0.4) is 0 Å². The maximum atomic E-state index is 5.58. The minimum atomic E-state index is 0.486. The lowest BCUT2D eigenvalue weighted by Gasteiger charge is -2.41. The lowest BCUT2D eigenvalue weighted by Crippen LogP contribution is -2.30. The van der Waals surface area contributed by atoms with Crippen LogP contribution in [0.25, 0.3) is 0 Å². The molecule has 0 N–H and O–H groups in total. The molecular weight excluding hydrogens is 312 g/mol. The normalized spacial score (nSPS) is 39.9. The second-order valence-corrected chi connectivity index (χ2v) is 10.3. The fourth-order valence-corrected chi connectivity index (χ4v) is 6.91. The first kappa shape index (κ1) is 20.3. The first-order valence-electron chi connectivity index (χ1n) is 12.2. The van der Waals surface area contributed by atoms with Crippen LogP contribution in [0.15, 0.2) is 0 Å². The molecule has 148 valence electrons. The smallest absolute Gasteiger partial charge is 0.0174 e. The van der Waals surface area contributed by atoms with E-state index in [-0.39, 0.29) is 0 Å². The van der Waals surface area contributed by atoms with Gasteiger partial charge in [0.05, 0.1) is 0 Å². The zero-order valence-electron chi connectivity index (χ0n) is 17.7. The lowest BCUT2D eigenvalue weighted by atomic mass is 9.64. The molecule has 0 saturated heterocycles. The van der Waals surface area contributed by atoms with E-state index < -0.39 is 0 Å². The van der Waals surface area contributed by atoms with Crippen molar-refractivity contribution < 1.29 is 0 Å². The predicted molar refractivity (Wildman–Crippen MR) is 114 cm³/mol. The van der Waals surface area contributed by atoms with E-state index in [2.05, 4.69) is 19.8 Å². The van der Waals surface area contributed by atoms with E-state index in [0.29, 0.717) is 5.92 Å². The van der Waals surface area contributed by atoms with Crippen LogP contribution < -0.4 is 0 Å². The average Bonchev–Trinajstić information content (AvgIpc) is 2.69. The quantitative estimate of drug-likeness (QED) is 0.425. The fraction of sp³-hybridized carbons (Fsp3) is 0.923. The zero-order valence-corrected chi connectivity index (χ0v) is 17.7. The van der Waals surface area contributed by atoms with E-state index in [0.717, 1.165) is 35.5 Å². The molecule has 3 aliphatic carbocycles. The molecular formula is C26H44. The Labute approximate surface area is 164 Å². The molecule has 3 rings (SSSR count). The van der Waals surface area contributed by atoms with Crippen molar-refractivity contribution in [3.63, 3.8) is 0 Å². The third-order valence-electron chi connectivity index (χ3n) is 8.60. The SMILES string of the molecule is C#CC(C)CC1CCC(C2CCC(C3CCC(CCC)CC3)CC2)CC1. The minimum absolute atomic E-state index is 0.486. The molecule has 0 aromatic heterocycles. The fourth-order valence-electron chi connectivity index (χ4n) is 6.91. The van der Waals surface area contributed by atoms with E-state index in [1.807, 2.05) is 0 Å². The Kier molecular flexibility index (Phi) is 7.96. The van der Waals surface area contributed by atoms with E-state index in [1.54, 1.807) is 51.4 Å². The van der Waals surface area contributed by atoms with Crippen molar-refractivity contribution >= 4 is 0 Å². The molecule has 1 unspecified atom stereocenters. The molecule has 1 atom stereocenters. The first-order valence-corrected chi connectivity index (χ1v) is 12.2. The summed E-state index contributed by atoms with van der Waals surface area (Å²) in [5.74, 6) is 9.70. The van der Waals surface area contributed by atoms with E-state index >= 15 is 0 Å². The summed E-state index contributed by atoms with van der Waals surface area (Å²) in [6, 6.07) is 0. The van der Waals surface area contributed by atoms with Crippen molar-refractivity contribution in [3.8, 4) is 12.3 Å². The maximum absolute atomic E-state index is 5.58. The number of hydrogen-bond donors (Lipinski definition) is 0. The molecule has 0 radical (unpaired) electrons.